The van der Waals surface area contributed by atoms with Gasteiger partial charge in [0, 0.05) is 62.0 Å². The minimum atomic E-state index is 0.902. The molecule has 0 saturated heterocycles. The summed E-state index contributed by atoms with van der Waals surface area (Å²) in [5.74, 6) is 0. The first-order valence-electron chi connectivity index (χ1n) is 20.3. The predicted octanol–water partition coefficient (Wildman–Crippen LogP) is 16.3. The van der Waals surface area contributed by atoms with Crippen molar-refractivity contribution >= 4 is 94.7 Å². The van der Waals surface area contributed by atoms with Crippen LogP contribution < -0.4 is 14.7 Å². The van der Waals surface area contributed by atoms with Crippen molar-refractivity contribution in [3.63, 3.8) is 0 Å². The third-order valence-corrected chi connectivity index (χ3v) is 11.3. The molecular weight excluding hydrogens is 731 g/mol. The third-order valence-electron chi connectivity index (χ3n) is 11.3. The summed E-state index contributed by atoms with van der Waals surface area (Å²) in [7, 11) is 0. The van der Waals surface area contributed by atoms with Crippen molar-refractivity contribution in [2.75, 3.05) is 14.7 Å². The molecule has 11 rings (SSSR count). The zero-order valence-electron chi connectivity index (χ0n) is 32.8. The number of hydrogen-bond donors (Lipinski definition) is 0. The molecule has 0 radical (unpaired) electrons. The highest BCUT2D eigenvalue weighted by molar-refractivity contribution is 6.17. The minimum Gasteiger partial charge on any atom is -0.456 e. The highest BCUT2D eigenvalue weighted by Gasteiger charge is 2.20. The molecule has 60 heavy (non-hydrogen) atoms. The average Bonchev–Trinajstić information content (AvgIpc) is 3.68. The molecule has 0 unspecified atom stereocenters. The van der Waals surface area contributed by atoms with Gasteiger partial charge in [-0.3, -0.25) is 0 Å². The summed E-state index contributed by atoms with van der Waals surface area (Å²) in [6, 6.07) is 84.1. The van der Waals surface area contributed by atoms with E-state index in [1.54, 1.807) is 0 Å². The normalized spacial score (nSPS) is 11.3. The Balaban J connectivity index is 1.10. The van der Waals surface area contributed by atoms with Gasteiger partial charge >= 0.3 is 0 Å². The van der Waals surface area contributed by atoms with E-state index in [0.29, 0.717) is 0 Å². The summed E-state index contributed by atoms with van der Waals surface area (Å²) in [5, 5.41) is 6.96. The fourth-order valence-corrected chi connectivity index (χ4v) is 8.57. The van der Waals surface area contributed by atoms with Gasteiger partial charge in [-0.15, -0.1) is 0 Å². The van der Waals surface area contributed by atoms with Crippen molar-refractivity contribution in [2.45, 2.75) is 0 Å². The Labute approximate surface area is 349 Å². The van der Waals surface area contributed by atoms with Gasteiger partial charge in [0.25, 0.3) is 0 Å². The SMILES string of the molecule is c1ccc(N(c2ccccc2)c2ccc(N(c3cccc(N(c4ccccc4)c4ccccc4)c3)c3ccc4ccc5cc6oc7ccccc7c6cc5c4c3)cc2)cc1. The molecule has 11 aromatic rings. The van der Waals surface area contributed by atoms with E-state index in [1.807, 2.05) is 12.1 Å². The van der Waals surface area contributed by atoms with Crippen LogP contribution >= 0.6 is 0 Å². The molecule has 0 aliphatic rings. The van der Waals surface area contributed by atoms with Crippen molar-refractivity contribution in [1.29, 1.82) is 0 Å². The van der Waals surface area contributed by atoms with Crippen molar-refractivity contribution in [3.8, 4) is 0 Å². The van der Waals surface area contributed by atoms with Crippen molar-refractivity contribution in [3.05, 3.63) is 237 Å². The Morgan fingerprint density at radius 1 is 0.217 bits per heavy atom. The molecule has 0 fully saturated rings. The van der Waals surface area contributed by atoms with Gasteiger partial charge in [0.15, 0.2) is 0 Å². The van der Waals surface area contributed by atoms with Crippen LogP contribution in [0.2, 0.25) is 0 Å². The second-order valence-electron chi connectivity index (χ2n) is 15.0. The zero-order valence-corrected chi connectivity index (χ0v) is 32.8. The fourth-order valence-electron chi connectivity index (χ4n) is 8.57. The predicted molar refractivity (Wildman–Crippen MR) is 253 cm³/mol. The molecule has 0 amide bonds. The molecule has 10 aromatic carbocycles. The van der Waals surface area contributed by atoms with Crippen LogP contribution in [0.4, 0.5) is 51.2 Å². The van der Waals surface area contributed by atoms with E-state index in [0.717, 1.165) is 78.5 Å². The van der Waals surface area contributed by atoms with E-state index in [-0.39, 0.29) is 0 Å². The van der Waals surface area contributed by atoms with Gasteiger partial charge in [-0.25, -0.2) is 0 Å². The van der Waals surface area contributed by atoms with E-state index in [9.17, 15) is 0 Å². The maximum Gasteiger partial charge on any atom is 0.136 e. The molecule has 284 valence electrons. The molecule has 0 aliphatic heterocycles. The van der Waals surface area contributed by atoms with Gasteiger partial charge in [0.2, 0.25) is 0 Å². The second-order valence-corrected chi connectivity index (χ2v) is 15.0. The van der Waals surface area contributed by atoms with E-state index >= 15 is 0 Å². The number of fused-ring (bicyclic) bond motifs is 6. The first-order valence-corrected chi connectivity index (χ1v) is 20.3. The highest BCUT2D eigenvalue weighted by atomic mass is 16.3. The van der Waals surface area contributed by atoms with Gasteiger partial charge < -0.3 is 19.1 Å². The summed E-state index contributed by atoms with van der Waals surface area (Å²) in [6.07, 6.45) is 0. The van der Waals surface area contributed by atoms with Crippen molar-refractivity contribution in [1.82, 2.24) is 0 Å². The first kappa shape index (κ1) is 35.1. The lowest BCUT2D eigenvalue weighted by molar-refractivity contribution is 0.669. The topological polar surface area (TPSA) is 22.9 Å². The number of benzene rings is 10. The van der Waals surface area contributed by atoms with Crippen LogP contribution in [-0.2, 0) is 0 Å². The van der Waals surface area contributed by atoms with Crippen LogP contribution in [0.15, 0.2) is 241 Å². The Bertz CT molecular complexity index is 3180. The molecule has 1 heterocycles. The molecule has 0 atom stereocenters. The van der Waals surface area contributed by atoms with E-state index in [2.05, 4.69) is 239 Å². The number of para-hydroxylation sites is 5. The molecule has 1 aromatic heterocycles. The van der Waals surface area contributed by atoms with Gasteiger partial charge in [0.1, 0.15) is 11.2 Å². The monoisotopic (exact) mass is 769 g/mol. The Morgan fingerprint density at radius 2 is 0.600 bits per heavy atom. The quantitative estimate of drug-likeness (QED) is 0.136. The maximum absolute atomic E-state index is 6.31. The Hall–Kier alpha value is -8.08. The molecule has 0 saturated carbocycles. The van der Waals surface area contributed by atoms with Crippen LogP contribution in [0.5, 0.6) is 0 Å². The van der Waals surface area contributed by atoms with Crippen molar-refractivity contribution in [2.24, 2.45) is 0 Å². The molecule has 4 heteroatoms. The number of furan rings is 1. The smallest absolute Gasteiger partial charge is 0.136 e. The van der Waals surface area contributed by atoms with Gasteiger partial charge in [-0.2, -0.15) is 0 Å². The minimum absolute atomic E-state index is 0.902. The number of hydrogen-bond acceptors (Lipinski definition) is 4. The van der Waals surface area contributed by atoms with Crippen LogP contribution in [0.25, 0.3) is 43.5 Å². The third kappa shape index (κ3) is 6.37. The molecule has 4 nitrogen and oxygen atoms in total. The van der Waals surface area contributed by atoms with Gasteiger partial charge in [-0.05, 0) is 143 Å². The highest BCUT2D eigenvalue weighted by Crippen LogP contribution is 2.44. The summed E-state index contributed by atoms with van der Waals surface area (Å²) < 4.78 is 6.31. The first-order chi connectivity index (χ1) is 29.7. The fraction of sp³-hybridized carbons (Fsp3) is 0. The Kier molecular flexibility index (Phi) is 8.79. The number of rotatable bonds is 9. The summed E-state index contributed by atoms with van der Waals surface area (Å²) in [4.78, 5) is 6.99. The lowest BCUT2D eigenvalue weighted by Crippen LogP contribution is -2.14. The molecule has 0 N–H and O–H groups in total. The molecular formula is C56H39N3O. The van der Waals surface area contributed by atoms with Crippen LogP contribution in [0, 0.1) is 0 Å². The van der Waals surface area contributed by atoms with Crippen molar-refractivity contribution < 1.29 is 4.42 Å². The van der Waals surface area contributed by atoms with Gasteiger partial charge in [-0.1, -0.05) is 115 Å². The van der Waals surface area contributed by atoms with Crippen LogP contribution in [-0.4, -0.2) is 0 Å². The van der Waals surface area contributed by atoms with E-state index in [4.69, 9.17) is 4.42 Å². The van der Waals surface area contributed by atoms with E-state index < -0.39 is 0 Å². The molecule has 0 bridgehead atoms. The summed E-state index contributed by atoms with van der Waals surface area (Å²) >= 11 is 0. The number of anilines is 9. The molecule has 0 aliphatic carbocycles. The lowest BCUT2D eigenvalue weighted by Gasteiger charge is -2.30. The second kappa shape index (κ2) is 15.0. The van der Waals surface area contributed by atoms with Crippen LogP contribution in [0.3, 0.4) is 0 Å². The summed E-state index contributed by atoms with van der Waals surface area (Å²) in [6.45, 7) is 0. The maximum atomic E-state index is 6.31. The Morgan fingerprint density at radius 3 is 1.17 bits per heavy atom. The van der Waals surface area contributed by atoms with Gasteiger partial charge in [0.05, 0.1) is 0 Å². The largest absolute Gasteiger partial charge is 0.456 e. The van der Waals surface area contributed by atoms with E-state index in [1.165, 1.54) is 16.2 Å². The zero-order chi connectivity index (χ0) is 39.8. The lowest BCUT2D eigenvalue weighted by atomic mass is 9.99. The van der Waals surface area contributed by atoms with Crippen LogP contribution in [0.1, 0.15) is 0 Å². The average molecular weight is 770 g/mol. The molecule has 0 spiro atoms. The summed E-state index contributed by atoms with van der Waals surface area (Å²) in [5.41, 5.74) is 11.5. The number of nitrogens with zero attached hydrogens (tertiary/aromatic N) is 3. The standard InChI is InChI=1S/C56H39N3O/c1-5-16-42(17-6-1)57(43-18-7-2-8-19-43)46-32-34-47(35-33-46)59(49-25-15-24-48(37-49)58(44-20-9-3-10-21-44)45-22-11-4-12-23-45)50-31-30-40-28-29-41-36-56-54(39-53(41)52(40)38-50)51-26-13-14-27-55(51)60-56/h1-39H.